The molecule has 0 unspecified atom stereocenters. The minimum Gasteiger partial charge on any atom is -0.268 e. The lowest BCUT2D eigenvalue weighted by atomic mass is 10.0. The van der Waals surface area contributed by atoms with Crippen molar-refractivity contribution < 1.29 is 4.79 Å². The fourth-order valence-corrected chi connectivity index (χ4v) is 4.54. The van der Waals surface area contributed by atoms with Crippen LogP contribution in [0.2, 0.25) is 0 Å². The summed E-state index contributed by atoms with van der Waals surface area (Å²) in [5.41, 5.74) is 2.68. The molecule has 4 aromatic rings. The first kappa shape index (κ1) is 19.3. The number of fused-ring (bicyclic) bond motifs is 1. The number of hydrogen-bond donors (Lipinski definition) is 0. The normalized spacial score (nSPS) is 16.5. The summed E-state index contributed by atoms with van der Waals surface area (Å²) < 4.78 is 0. The molecule has 0 aliphatic carbocycles. The number of pyridine rings is 1. The molecule has 31 heavy (non-hydrogen) atoms. The Hall–Kier alpha value is -3.70. The lowest BCUT2D eigenvalue weighted by molar-refractivity contribution is -0.113. The predicted octanol–water partition coefficient (Wildman–Crippen LogP) is 6.35. The largest absolute Gasteiger partial charge is 0.271 e. The van der Waals surface area contributed by atoms with Crippen LogP contribution in [0.15, 0.2) is 101 Å². The van der Waals surface area contributed by atoms with Crippen LogP contribution in [-0.2, 0) is 4.79 Å². The number of aryl methyl sites for hydroxylation is 1. The molecule has 0 spiro atoms. The van der Waals surface area contributed by atoms with Crippen LogP contribution in [-0.4, -0.2) is 16.1 Å². The van der Waals surface area contributed by atoms with Gasteiger partial charge in [0.15, 0.2) is 11.0 Å². The zero-order valence-corrected chi connectivity index (χ0v) is 17.7. The molecule has 3 aromatic carbocycles. The number of anilines is 1. The third-order valence-electron chi connectivity index (χ3n) is 5.01. The van der Waals surface area contributed by atoms with Gasteiger partial charge in [0.05, 0.1) is 10.6 Å². The summed E-state index contributed by atoms with van der Waals surface area (Å²) in [7, 11) is 0. The highest BCUT2D eigenvalue weighted by Gasteiger charge is 2.34. The molecule has 1 aliphatic rings. The fourth-order valence-electron chi connectivity index (χ4n) is 3.56. The molecule has 5 heteroatoms. The van der Waals surface area contributed by atoms with Crippen molar-refractivity contribution in [2.45, 2.75) is 6.92 Å². The van der Waals surface area contributed by atoms with Gasteiger partial charge in [-0.2, -0.15) is 0 Å². The van der Waals surface area contributed by atoms with E-state index in [0.29, 0.717) is 15.9 Å². The molecule has 0 saturated carbocycles. The number of carbonyl (C=O) groups is 1. The second-order valence-electron chi connectivity index (χ2n) is 7.19. The summed E-state index contributed by atoms with van der Waals surface area (Å²) in [5, 5.41) is 2.86. The molecule has 2 heterocycles. The lowest BCUT2D eigenvalue weighted by Gasteiger charge is -2.15. The molecule has 1 amide bonds. The molecule has 1 aromatic heterocycles. The van der Waals surface area contributed by atoms with Crippen molar-refractivity contribution in [2.75, 3.05) is 4.90 Å². The summed E-state index contributed by atoms with van der Waals surface area (Å²) in [6.45, 7) is 1.93. The number of rotatable bonds is 3. The number of aromatic nitrogens is 1. The highest BCUT2D eigenvalue weighted by Crippen LogP contribution is 2.37. The van der Waals surface area contributed by atoms with Gasteiger partial charge in [0.1, 0.15) is 0 Å². The molecule has 5 rings (SSSR count). The van der Waals surface area contributed by atoms with Gasteiger partial charge in [0.2, 0.25) is 0 Å². The standard InChI is InChI=1S/C26H19N3OS/c1-18-9-7-16-24(27-18)28-26-29(21-13-3-2-4-14-21)25(30)23(31-26)17-20-12-8-11-19-10-5-6-15-22(19)20/h2-17H,1H3/b23-17-,28-26+. The smallest absolute Gasteiger partial charge is 0.268 e. The van der Waals surface area contributed by atoms with Crippen molar-refractivity contribution >= 4 is 51.2 Å². The molecule has 4 nitrogen and oxygen atoms in total. The molecular weight excluding hydrogens is 402 g/mol. The zero-order valence-electron chi connectivity index (χ0n) is 16.9. The minimum atomic E-state index is -0.0875. The van der Waals surface area contributed by atoms with Crippen LogP contribution >= 0.6 is 11.8 Å². The lowest BCUT2D eigenvalue weighted by Crippen LogP contribution is -2.28. The van der Waals surface area contributed by atoms with Crippen molar-refractivity contribution in [3.8, 4) is 0 Å². The van der Waals surface area contributed by atoms with Gasteiger partial charge in [-0.05, 0) is 65.4 Å². The Morgan fingerprint density at radius 2 is 1.61 bits per heavy atom. The van der Waals surface area contributed by atoms with Crippen LogP contribution in [0, 0.1) is 6.92 Å². The van der Waals surface area contributed by atoms with Gasteiger partial charge in [-0.15, -0.1) is 0 Å². The van der Waals surface area contributed by atoms with Crippen molar-refractivity contribution in [3.05, 3.63) is 107 Å². The van der Waals surface area contributed by atoms with E-state index in [1.54, 1.807) is 4.90 Å². The van der Waals surface area contributed by atoms with E-state index in [-0.39, 0.29) is 5.91 Å². The van der Waals surface area contributed by atoms with Crippen LogP contribution in [0.1, 0.15) is 11.3 Å². The van der Waals surface area contributed by atoms with Gasteiger partial charge < -0.3 is 0 Å². The quantitative estimate of drug-likeness (QED) is 0.362. The molecule has 1 aliphatic heterocycles. The Kier molecular flexibility index (Phi) is 5.10. The van der Waals surface area contributed by atoms with Crippen molar-refractivity contribution in [1.29, 1.82) is 0 Å². The third-order valence-corrected chi connectivity index (χ3v) is 5.98. The zero-order chi connectivity index (χ0) is 21.2. The summed E-state index contributed by atoms with van der Waals surface area (Å²) in [6.07, 6.45) is 1.96. The molecule has 0 atom stereocenters. The maximum atomic E-state index is 13.4. The SMILES string of the molecule is Cc1cccc(/N=C2/S/C(=C\c3cccc4ccccc34)C(=O)N2c2ccccc2)n1. The molecule has 0 radical (unpaired) electrons. The third kappa shape index (κ3) is 3.88. The fraction of sp³-hybridized carbons (Fsp3) is 0.0385. The molecule has 1 saturated heterocycles. The van der Waals surface area contributed by atoms with Gasteiger partial charge in [-0.25, -0.2) is 9.98 Å². The van der Waals surface area contributed by atoms with Gasteiger partial charge in [-0.1, -0.05) is 66.7 Å². The number of carbonyl (C=O) groups excluding carboxylic acids is 1. The Balaban J connectivity index is 1.62. The highest BCUT2D eigenvalue weighted by atomic mass is 32.2. The van der Waals surface area contributed by atoms with Crippen molar-refractivity contribution in [1.82, 2.24) is 4.98 Å². The van der Waals surface area contributed by atoms with E-state index in [2.05, 4.69) is 23.2 Å². The number of benzene rings is 3. The average molecular weight is 422 g/mol. The Bertz CT molecular complexity index is 1340. The first-order valence-corrected chi connectivity index (χ1v) is 10.8. The molecule has 0 N–H and O–H groups in total. The Morgan fingerprint density at radius 3 is 2.45 bits per heavy atom. The van der Waals surface area contributed by atoms with Crippen molar-refractivity contribution in [3.63, 3.8) is 0 Å². The number of nitrogens with zero attached hydrogens (tertiary/aromatic N) is 3. The summed E-state index contributed by atoms with van der Waals surface area (Å²) in [4.78, 5) is 24.9. The highest BCUT2D eigenvalue weighted by molar-refractivity contribution is 8.19. The Morgan fingerprint density at radius 1 is 0.871 bits per heavy atom. The average Bonchev–Trinajstić information content (AvgIpc) is 3.09. The molecular formula is C26H19N3OS. The van der Waals surface area contributed by atoms with E-state index in [0.717, 1.165) is 27.7 Å². The number of thioether (sulfide) groups is 1. The maximum Gasteiger partial charge on any atom is 0.271 e. The molecule has 0 bridgehead atoms. The van der Waals surface area contributed by atoms with Crippen LogP contribution in [0.5, 0.6) is 0 Å². The van der Waals surface area contributed by atoms with E-state index in [1.165, 1.54) is 11.8 Å². The first-order chi connectivity index (χ1) is 15.2. The maximum absolute atomic E-state index is 13.4. The first-order valence-electron chi connectivity index (χ1n) is 9.98. The van der Waals surface area contributed by atoms with Crippen LogP contribution in [0.25, 0.3) is 16.8 Å². The summed E-state index contributed by atoms with van der Waals surface area (Å²) in [5.74, 6) is 0.498. The van der Waals surface area contributed by atoms with Crippen LogP contribution in [0.3, 0.4) is 0 Å². The number of aliphatic imine (C=N–C) groups is 1. The minimum absolute atomic E-state index is 0.0875. The van der Waals surface area contributed by atoms with Gasteiger partial charge in [-0.3, -0.25) is 9.69 Å². The van der Waals surface area contributed by atoms with E-state index >= 15 is 0 Å². The van der Waals surface area contributed by atoms with Crippen molar-refractivity contribution in [2.24, 2.45) is 4.99 Å². The Labute approximate surface area is 185 Å². The second-order valence-corrected chi connectivity index (χ2v) is 8.20. The van der Waals surface area contributed by atoms with Crippen LogP contribution in [0.4, 0.5) is 11.5 Å². The summed E-state index contributed by atoms with van der Waals surface area (Å²) >= 11 is 1.37. The number of hydrogen-bond acceptors (Lipinski definition) is 4. The molecule has 1 fully saturated rings. The monoisotopic (exact) mass is 421 g/mol. The number of para-hydroxylation sites is 1. The number of amides is 1. The number of amidine groups is 1. The van der Waals surface area contributed by atoms with E-state index in [1.807, 2.05) is 85.8 Å². The van der Waals surface area contributed by atoms with Gasteiger partial charge in [0, 0.05) is 5.69 Å². The van der Waals surface area contributed by atoms with Crippen LogP contribution < -0.4 is 4.90 Å². The van der Waals surface area contributed by atoms with E-state index in [9.17, 15) is 4.79 Å². The van der Waals surface area contributed by atoms with Gasteiger partial charge in [0.25, 0.3) is 5.91 Å². The van der Waals surface area contributed by atoms with Gasteiger partial charge >= 0.3 is 0 Å². The second kappa shape index (κ2) is 8.20. The van der Waals surface area contributed by atoms with E-state index in [4.69, 9.17) is 4.99 Å². The topological polar surface area (TPSA) is 45.6 Å². The van der Waals surface area contributed by atoms with E-state index < -0.39 is 0 Å². The summed E-state index contributed by atoms with van der Waals surface area (Å²) in [6, 6.07) is 29.6. The predicted molar refractivity (Wildman–Crippen MR) is 130 cm³/mol. The molecule has 150 valence electrons.